The number of hydrogen-bond donors (Lipinski definition) is 2. The lowest BCUT2D eigenvalue weighted by atomic mass is 10.2. The maximum absolute atomic E-state index is 11.7. The summed E-state index contributed by atoms with van der Waals surface area (Å²) in [4.78, 5) is 23.5. The first-order valence-corrected chi connectivity index (χ1v) is 7.70. The normalized spacial score (nSPS) is 9.92. The number of rotatable bonds is 7. The first-order chi connectivity index (χ1) is 11.6. The molecule has 0 unspecified atom stereocenters. The van der Waals surface area contributed by atoms with Gasteiger partial charge in [-0.2, -0.15) is 0 Å². The number of esters is 2. The van der Waals surface area contributed by atoms with Gasteiger partial charge >= 0.3 is 11.9 Å². The highest BCUT2D eigenvalue weighted by atomic mass is 16.5. The van der Waals surface area contributed by atoms with Gasteiger partial charge in [-0.05, 0) is 50.2 Å². The van der Waals surface area contributed by atoms with E-state index in [1.54, 1.807) is 50.2 Å². The Morgan fingerprint density at radius 1 is 0.792 bits per heavy atom. The SMILES string of the molecule is CCOC(=O)c1cccc(NNc2cccc(C(=O)OCC)c2)c1. The molecule has 0 aliphatic heterocycles. The molecule has 0 heterocycles. The number of anilines is 2. The van der Waals surface area contributed by atoms with E-state index in [0.717, 1.165) is 0 Å². The monoisotopic (exact) mass is 328 g/mol. The van der Waals surface area contributed by atoms with Crippen LogP contribution in [0.5, 0.6) is 0 Å². The van der Waals surface area contributed by atoms with Gasteiger partial charge in [0.25, 0.3) is 0 Å². The Morgan fingerprint density at radius 3 is 1.58 bits per heavy atom. The minimum atomic E-state index is -0.370. The molecule has 0 atom stereocenters. The van der Waals surface area contributed by atoms with Crippen LogP contribution in [0.2, 0.25) is 0 Å². The average molecular weight is 328 g/mol. The molecule has 0 saturated heterocycles. The molecule has 6 heteroatoms. The zero-order valence-corrected chi connectivity index (χ0v) is 13.7. The number of benzene rings is 2. The maximum Gasteiger partial charge on any atom is 0.338 e. The number of carbonyl (C=O) groups excluding carboxylic acids is 2. The highest BCUT2D eigenvalue weighted by Crippen LogP contribution is 2.15. The van der Waals surface area contributed by atoms with Crippen LogP contribution < -0.4 is 10.9 Å². The molecule has 2 aromatic carbocycles. The number of ether oxygens (including phenoxy) is 2. The van der Waals surface area contributed by atoms with Gasteiger partial charge in [0.2, 0.25) is 0 Å². The summed E-state index contributed by atoms with van der Waals surface area (Å²) in [7, 11) is 0. The van der Waals surface area contributed by atoms with E-state index >= 15 is 0 Å². The van der Waals surface area contributed by atoms with E-state index in [0.29, 0.717) is 35.7 Å². The Kier molecular flexibility index (Phi) is 6.19. The molecule has 0 saturated carbocycles. The van der Waals surface area contributed by atoms with Gasteiger partial charge in [-0.3, -0.25) is 0 Å². The van der Waals surface area contributed by atoms with Crippen LogP contribution >= 0.6 is 0 Å². The van der Waals surface area contributed by atoms with Crippen LogP contribution in [-0.4, -0.2) is 25.2 Å². The molecular formula is C18H20N2O4. The number of hydrazine groups is 1. The van der Waals surface area contributed by atoms with E-state index in [-0.39, 0.29) is 11.9 Å². The van der Waals surface area contributed by atoms with Gasteiger partial charge in [-0.15, -0.1) is 0 Å². The second-order valence-corrected chi connectivity index (χ2v) is 4.85. The summed E-state index contributed by atoms with van der Waals surface area (Å²) in [6.07, 6.45) is 0. The van der Waals surface area contributed by atoms with Crippen molar-refractivity contribution >= 4 is 23.3 Å². The molecular weight excluding hydrogens is 308 g/mol. The molecule has 0 fully saturated rings. The fourth-order valence-electron chi connectivity index (χ4n) is 2.02. The highest BCUT2D eigenvalue weighted by molar-refractivity contribution is 5.91. The van der Waals surface area contributed by atoms with Gasteiger partial charge < -0.3 is 20.3 Å². The van der Waals surface area contributed by atoms with Crippen molar-refractivity contribution in [1.29, 1.82) is 0 Å². The van der Waals surface area contributed by atoms with Crippen molar-refractivity contribution in [2.24, 2.45) is 0 Å². The van der Waals surface area contributed by atoms with E-state index in [4.69, 9.17) is 9.47 Å². The van der Waals surface area contributed by atoms with Crippen molar-refractivity contribution in [3.63, 3.8) is 0 Å². The van der Waals surface area contributed by atoms with Crippen molar-refractivity contribution < 1.29 is 19.1 Å². The summed E-state index contributed by atoms with van der Waals surface area (Å²) in [6.45, 7) is 4.18. The van der Waals surface area contributed by atoms with Crippen LogP contribution in [0.25, 0.3) is 0 Å². The molecule has 0 bridgehead atoms. The topological polar surface area (TPSA) is 76.7 Å². The standard InChI is InChI=1S/C18H20N2O4/c1-3-23-17(21)13-7-5-9-15(11-13)19-20-16-10-6-8-14(12-16)18(22)24-4-2/h5-12,19-20H,3-4H2,1-2H3. The molecule has 2 aromatic rings. The Labute approximate surface area is 140 Å². The number of hydrogen-bond acceptors (Lipinski definition) is 6. The van der Waals surface area contributed by atoms with Crippen LogP contribution in [0.15, 0.2) is 48.5 Å². The molecule has 6 nitrogen and oxygen atoms in total. The lowest BCUT2D eigenvalue weighted by molar-refractivity contribution is 0.0517. The third-order valence-corrected chi connectivity index (χ3v) is 3.10. The fraction of sp³-hybridized carbons (Fsp3) is 0.222. The molecule has 2 N–H and O–H groups in total. The predicted molar refractivity (Wildman–Crippen MR) is 92.0 cm³/mol. The highest BCUT2D eigenvalue weighted by Gasteiger charge is 2.08. The number of nitrogens with one attached hydrogen (secondary N) is 2. The minimum absolute atomic E-state index is 0.329. The van der Waals surface area contributed by atoms with Crippen LogP contribution in [0.4, 0.5) is 11.4 Å². The van der Waals surface area contributed by atoms with Gasteiger partial charge in [0.05, 0.1) is 35.7 Å². The van der Waals surface area contributed by atoms with Gasteiger partial charge in [-0.1, -0.05) is 12.1 Å². The van der Waals surface area contributed by atoms with Crippen molar-refractivity contribution in [3.05, 3.63) is 59.7 Å². The summed E-state index contributed by atoms with van der Waals surface area (Å²) in [5.74, 6) is -0.740. The van der Waals surface area contributed by atoms with Crippen LogP contribution in [0.1, 0.15) is 34.6 Å². The van der Waals surface area contributed by atoms with Crippen LogP contribution in [-0.2, 0) is 9.47 Å². The third-order valence-electron chi connectivity index (χ3n) is 3.10. The molecule has 0 amide bonds. The molecule has 0 aromatic heterocycles. The minimum Gasteiger partial charge on any atom is -0.462 e. The van der Waals surface area contributed by atoms with Crippen molar-refractivity contribution in [2.75, 3.05) is 24.1 Å². The predicted octanol–water partition coefficient (Wildman–Crippen LogP) is 3.48. The summed E-state index contributed by atoms with van der Waals surface area (Å²) in [6, 6.07) is 13.9. The van der Waals surface area contributed by atoms with E-state index in [9.17, 15) is 9.59 Å². The Bertz CT molecular complexity index is 654. The van der Waals surface area contributed by atoms with Gasteiger partial charge in [-0.25, -0.2) is 9.59 Å². The summed E-state index contributed by atoms with van der Waals surface area (Å²) < 4.78 is 9.94. The van der Waals surface area contributed by atoms with Gasteiger partial charge in [0, 0.05) is 0 Å². The van der Waals surface area contributed by atoms with Crippen molar-refractivity contribution in [1.82, 2.24) is 0 Å². The van der Waals surface area contributed by atoms with E-state index in [1.807, 2.05) is 12.1 Å². The molecule has 0 radical (unpaired) electrons. The maximum atomic E-state index is 11.7. The summed E-state index contributed by atoms with van der Waals surface area (Å²) in [5.41, 5.74) is 8.29. The van der Waals surface area contributed by atoms with E-state index in [2.05, 4.69) is 10.9 Å². The fourth-order valence-corrected chi connectivity index (χ4v) is 2.02. The lowest BCUT2D eigenvalue weighted by Gasteiger charge is -2.11. The van der Waals surface area contributed by atoms with Gasteiger partial charge in [0.15, 0.2) is 0 Å². The first-order valence-electron chi connectivity index (χ1n) is 7.70. The second kappa shape index (κ2) is 8.57. The zero-order chi connectivity index (χ0) is 17.4. The van der Waals surface area contributed by atoms with Crippen molar-refractivity contribution in [2.45, 2.75) is 13.8 Å². The molecule has 0 spiro atoms. The zero-order valence-electron chi connectivity index (χ0n) is 13.7. The average Bonchev–Trinajstić information content (AvgIpc) is 2.61. The van der Waals surface area contributed by atoms with Crippen LogP contribution in [0, 0.1) is 0 Å². The summed E-state index contributed by atoms with van der Waals surface area (Å²) >= 11 is 0. The smallest absolute Gasteiger partial charge is 0.338 e. The molecule has 0 aliphatic rings. The molecule has 0 aliphatic carbocycles. The molecule has 24 heavy (non-hydrogen) atoms. The first kappa shape index (κ1) is 17.3. The van der Waals surface area contributed by atoms with Gasteiger partial charge in [0.1, 0.15) is 0 Å². The molecule has 126 valence electrons. The molecule has 2 rings (SSSR count). The second-order valence-electron chi connectivity index (χ2n) is 4.85. The quantitative estimate of drug-likeness (QED) is 0.598. The van der Waals surface area contributed by atoms with E-state index < -0.39 is 0 Å². The Balaban J connectivity index is 2.03. The largest absolute Gasteiger partial charge is 0.462 e. The Morgan fingerprint density at radius 2 is 1.21 bits per heavy atom. The summed E-state index contributed by atoms with van der Waals surface area (Å²) in [5, 5.41) is 0. The van der Waals surface area contributed by atoms with Crippen molar-refractivity contribution in [3.8, 4) is 0 Å². The number of carbonyl (C=O) groups is 2. The van der Waals surface area contributed by atoms with Crippen LogP contribution in [0.3, 0.4) is 0 Å². The van der Waals surface area contributed by atoms with E-state index in [1.165, 1.54) is 0 Å². The lowest BCUT2D eigenvalue weighted by Crippen LogP contribution is -2.11. The Hall–Kier alpha value is -3.02. The third kappa shape index (κ3) is 4.74.